The van der Waals surface area contributed by atoms with E-state index in [0.29, 0.717) is 0 Å². The Bertz CT molecular complexity index is 4120. The van der Waals surface area contributed by atoms with Gasteiger partial charge in [-0.2, -0.15) is 0 Å². The van der Waals surface area contributed by atoms with Crippen molar-refractivity contribution in [3.05, 3.63) is 322 Å². The maximum absolute atomic E-state index is 2.60. The van der Waals surface area contributed by atoms with Crippen LogP contribution >= 0.6 is 0 Å². The van der Waals surface area contributed by atoms with Gasteiger partial charge in [-0.15, -0.1) is 0 Å². The van der Waals surface area contributed by atoms with Crippen molar-refractivity contribution in [1.82, 2.24) is 0 Å². The van der Waals surface area contributed by atoms with Crippen molar-refractivity contribution in [2.75, 3.05) is 9.80 Å². The molecule has 0 aliphatic heterocycles. The minimum absolute atomic E-state index is 0.166. The summed E-state index contributed by atoms with van der Waals surface area (Å²) in [7, 11) is 0. The van der Waals surface area contributed by atoms with Crippen LogP contribution in [-0.2, 0) is 10.8 Å². The summed E-state index contributed by atoms with van der Waals surface area (Å²) in [5.74, 6) is 0. The first-order valence-corrected chi connectivity index (χ1v) is 29.0. The lowest BCUT2D eigenvalue weighted by Crippen LogP contribution is -2.29. The number of rotatable bonds is 10. The van der Waals surface area contributed by atoms with Crippen LogP contribution < -0.4 is 9.80 Å². The van der Waals surface area contributed by atoms with Crippen molar-refractivity contribution in [1.29, 1.82) is 0 Å². The minimum Gasteiger partial charge on any atom is -0.311 e. The van der Waals surface area contributed by atoms with Crippen LogP contribution in [0.15, 0.2) is 255 Å². The topological polar surface area (TPSA) is 6.48 Å². The largest absolute Gasteiger partial charge is 0.311 e. The molecule has 0 saturated carbocycles. The third-order valence-electron chi connectivity index (χ3n) is 18.0. The van der Waals surface area contributed by atoms with Crippen molar-refractivity contribution in [3.8, 4) is 44.5 Å². The van der Waals surface area contributed by atoms with Crippen molar-refractivity contribution >= 4 is 44.9 Å². The molecule has 0 spiro atoms. The molecule has 0 unspecified atom stereocenters. The molecule has 396 valence electrons. The van der Waals surface area contributed by atoms with E-state index in [9.17, 15) is 0 Å². The predicted octanol–water partition coefficient (Wildman–Crippen LogP) is 21.6. The average molecular weight is 1060 g/mol. The van der Waals surface area contributed by atoms with Gasteiger partial charge in [-0.25, -0.2) is 0 Å². The highest BCUT2D eigenvalue weighted by molar-refractivity contribution is 6.06. The van der Waals surface area contributed by atoms with Gasteiger partial charge in [0.2, 0.25) is 0 Å². The molecule has 2 aliphatic rings. The first-order chi connectivity index (χ1) is 39.8. The van der Waals surface area contributed by atoms with E-state index in [4.69, 9.17) is 0 Å². The highest BCUT2D eigenvalue weighted by atomic mass is 15.1. The molecular weight excluding hydrogens is 989 g/mol. The smallest absolute Gasteiger partial charge is 0.0714 e. The highest BCUT2D eigenvalue weighted by Gasteiger charge is 2.49. The molecule has 0 saturated heterocycles. The van der Waals surface area contributed by atoms with Crippen LogP contribution in [0.2, 0.25) is 0 Å². The molecule has 82 heavy (non-hydrogen) atoms. The van der Waals surface area contributed by atoms with Gasteiger partial charge in [0.15, 0.2) is 0 Å². The lowest BCUT2D eigenvalue weighted by molar-refractivity contribution is 0.659. The molecule has 0 atom stereocenters. The summed E-state index contributed by atoms with van der Waals surface area (Å²) < 4.78 is 0. The first kappa shape index (κ1) is 50.7. The van der Waals surface area contributed by atoms with Crippen LogP contribution in [-0.4, -0.2) is 0 Å². The number of aryl methyl sites for hydroxylation is 6. The molecule has 2 heteroatoms. The van der Waals surface area contributed by atoms with Crippen LogP contribution in [0.1, 0.15) is 80.6 Å². The van der Waals surface area contributed by atoms with Gasteiger partial charge < -0.3 is 9.80 Å². The molecule has 0 aromatic heterocycles. The average Bonchev–Trinajstić information content (AvgIpc) is 1.91. The van der Waals surface area contributed by atoms with Gasteiger partial charge in [0.1, 0.15) is 0 Å². The summed E-state index contributed by atoms with van der Waals surface area (Å²) in [4.78, 5) is 4.70. The summed E-state index contributed by atoms with van der Waals surface area (Å²) in [6, 6.07) is 96.4. The van der Waals surface area contributed by atoms with E-state index in [1.807, 2.05) is 0 Å². The third kappa shape index (κ3) is 8.30. The minimum atomic E-state index is -0.651. The fourth-order valence-corrected chi connectivity index (χ4v) is 13.6. The molecular formula is C80H66N2. The SMILES string of the molecule is Cc1ccc(N(c2ccc(C)cc2)c2ccc(-c3ccc(C4(c5ccc(-c6ccc(N(c7ccc(C)cc7)c7ccc(C)cc7)cc6)cc5)c5cc6c(cc5-c5c4cc(C)c4ccccc54)C(C)(C)c4cc(C)ccc4-6)cc3)cc2)cc1. The van der Waals surface area contributed by atoms with E-state index in [1.54, 1.807) is 0 Å². The maximum Gasteiger partial charge on any atom is 0.0714 e. The molecule has 0 N–H and O–H groups in total. The summed E-state index contributed by atoms with van der Waals surface area (Å²) in [6.07, 6.45) is 0. The molecule has 0 bridgehead atoms. The summed E-state index contributed by atoms with van der Waals surface area (Å²) in [5.41, 5.74) is 31.5. The molecule has 2 aliphatic carbocycles. The second-order valence-electron chi connectivity index (χ2n) is 23.8. The number of hydrogen-bond acceptors (Lipinski definition) is 2. The maximum atomic E-state index is 2.60. The highest BCUT2D eigenvalue weighted by Crippen LogP contribution is 2.62. The van der Waals surface area contributed by atoms with Crippen molar-refractivity contribution in [2.45, 2.75) is 66.2 Å². The van der Waals surface area contributed by atoms with Gasteiger partial charge in [0.25, 0.3) is 0 Å². The van der Waals surface area contributed by atoms with Crippen LogP contribution in [0.25, 0.3) is 55.3 Å². The van der Waals surface area contributed by atoms with Crippen LogP contribution in [0.5, 0.6) is 0 Å². The van der Waals surface area contributed by atoms with E-state index in [0.717, 1.165) is 34.1 Å². The molecule has 0 radical (unpaired) electrons. The molecule has 12 aromatic rings. The quantitative estimate of drug-likeness (QED) is 0.135. The van der Waals surface area contributed by atoms with Crippen LogP contribution in [0.3, 0.4) is 0 Å². The van der Waals surface area contributed by atoms with Gasteiger partial charge in [-0.05, 0) is 221 Å². The first-order valence-electron chi connectivity index (χ1n) is 29.0. The zero-order chi connectivity index (χ0) is 56.0. The Kier molecular flexibility index (Phi) is 12.1. The van der Waals surface area contributed by atoms with Gasteiger partial charge in [-0.1, -0.05) is 212 Å². The lowest BCUT2D eigenvalue weighted by atomic mass is 9.66. The fraction of sp³-hybridized carbons (Fsp3) is 0.125. The summed E-state index contributed by atoms with van der Waals surface area (Å²) in [6.45, 7) is 17.9. The van der Waals surface area contributed by atoms with Gasteiger partial charge >= 0.3 is 0 Å². The third-order valence-corrected chi connectivity index (χ3v) is 18.0. The second-order valence-corrected chi connectivity index (χ2v) is 23.8. The monoisotopic (exact) mass is 1050 g/mol. The normalized spacial score (nSPS) is 13.3. The van der Waals surface area contributed by atoms with Crippen LogP contribution in [0.4, 0.5) is 34.1 Å². The number of anilines is 6. The molecule has 0 fully saturated rings. The van der Waals surface area contributed by atoms with Crippen molar-refractivity contribution < 1.29 is 0 Å². The van der Waals surface area contributed by atoms with E-state index in [2.05, 4.69) is 320 Å². The van der Waals surface area contributed by atoms with Gasteiger partial charge in [0, 0.05) is 39.5 Å². The lowest BCUT2D eigenvalue weighted by Gasteiger charge is -2.35. The van der Waals surface area contributed by atoms with Gasteiger partial charge in [-0.3, -0.25) is 0 Å². The van der Waals surface area contributed by atoms with E-state index < -0.39 is 5.41 Å². The number of hydrogen-bond donors (Lipinski definition) is 0. The van der Waals surface area contributed by atoms with Crippen molar-refractivity contribution in [2.24, 2.45) is 0 Å². The molecule has 12 aromatic carbocycles. The Morgan fingerprint density at radius 3 is 1.02 bits per heavy atom. The number of fused-ring (bicyclic) bond motifs is 8. The summed E-state index contributed by atoms with van der Waals surface area (Å²) >= 11 is 0. The Balaban J connectivity index is 0.921. The Morgan fingerprint density at radius 2 is 0.610 bits per heavy atom. The molecule has 14 rings (SSSR count). The van der Waals surface area contributed by atoms with Gasteiger partial charge in [0.05, 0.1) is 5.41 Å². The zero-order valence-electron chi connectivity index (χ0n) is 48.1. The second kappa shape index (κ2) is 19.6. The van der Waals surface area contributed by atoms with E-state index in [-0.39, 0.29) is 5.41 Å². The van der Waals surface area contributed by atoms with E-state index in [1.165, 1.54) is 122 Å². The molecule has 0 amide bonds. The van der Waals surface area contributed by atoms with Crippen molar-refractivity contribution in [3.63, 3.8) is 0 Å². The fourth-order valence-electron chi connectivity index (χ4n) is 13.6. The zero-order valence-corrected chi connectivity index (χ0v) is 48.1. The Labute approximate surface area is 484 Å². The summed E-state index contributed by atoms with van der Waals surface area (Å²) in [5, 5.41) is 2.60. The predicted molar refractivity (Wildman–Crippen MR) is 347 cm³/mol. The number of benzene rings is 12. The Hall–Kier alpha value is -9.50. The van der Waals surface area contributed by atoms with E-state index >= 15 is 0 Å². The number of nitrogens with zero attached hydrogens (tertiary/aromatic N) is 2. The van der Waals surface area contributed by atoms with Crippen LogP contribution in [0, 0.1) is 41.5 Å². The molecule has 2 nitrogen and oxygen atoms in total. The molecule has 0 heterocycles. The standard InChI is InChI=1S/C80H66N2/c1-51-13-34-63(35-14-51)81(64-36-15-52(2)16-37-64)67-42-26-59(27-43-67)57-22-30-61(31-23-57)80(62-32-24-58(25-33-62)60-28-44-68(45-29-60)82(65-38-17-53(3)18-39-65)66-40-19-54(4)20-41-66)76-49-72-70-46-21-55(5)47-74(70)79(7,8)75(72)50-73(76)78-71-12-10-9-11-69(71)56(6)48-77(78)80/h9-50H,1-8H3. The Morgan fingerprint density at radius 1 is 0.268 bits per heavy atom.